The molecule has 3 nitrogen and oxygen atoms in total. The molecule has 2 aromatic rings. The summed E-state index contributed by atoms with van der Waals surface area (Å²) in [6.45, 7) is 1.24. The number of aromatic nitrogens is 2. The summed E-state index contributed by atoms with van der Waals surface area (Å²) in [4.78, 5) is 3.93. The van der Waals surface area contributed by atoms with E-state index in [0.29, 0.717) is 12.1 Å². The Kier molecular flexibility index (Phi) is 6.02. The maximum atomic E-state index is 12.7. The van der Waals surface area contributed by atoms with Crippen LogP contribution in [0.1, 0.15) is 24.4 Å². The molecular weight excluding hydrogens is 359 g/mol. The number of benzene rings is 1. The van der Waals surface area contributed by atoms with E-state index in [-0.39, 0.29) is 0 Å². The van der Waals surface area contributed by atoms with Crippen LogP contribution in [0.15, 0.2) is 47.5 Å². The molecule has 1 aromatic heterocycles. The van der Waals surface area contributed by atoms with Gasteiger partial charge in [-0.25, -0.2) is 4.98 Å². The zero-order valence-electron chi connectivity index (χ0n) is 11.9. The molecule has 1 aromatic carbocycles. The van der Waals surface area contributed by atoms with Crippen molar-refractivity contribution in [2.75, 3.05) is 6.54 Å². The Morgan fingerprint density at radius 3 is 2.55 bits per heavy atom. The van der Waals surface area contributed by atoms with Crippen molar-refractivity contribution in [1.82, 2.24) is 14.9 Å². The first-order chi connectivity index (χ1) is 10.4. The first-order valence-corrected chi connectivity index (χ1v) is 7.75. The number of alkyl halides is 3. The summed E-state index contributed by atoms with van der Waals surface area (Å²) in [6, 6.07) is 6.21. The fourth-order valence-electron chi connectivity index (χ4n) is 2.19. The van der Waals surface area contributed by atoms with Crippen molar-refractivity contribution in [2.24, 2.45) is 0 Å². The average molecular weight is 376 g/mol. The van der Waals surface area contributed by atoms with Gasteiger partial charge in [0, 0.05) is 29.5 Å². The van der Waals surface area contributed by atoms with Crippen molar-refractivity contribution in [3.63, 3.8) is 0 Å². The molecule has 7 heteroatoms. The molecule has 1 unspecified atom stereocenters. The van der Waals surface area contributed by atoms with E-state index in [4.69, 9.17) is 0 Å². The highest BCUT2D eigenvalue weighted by atomic mass is 79.9. The quantitative estimate of drug-likeness (QED) is 0.730. The second-order valence-electron chi connectivity index (χ2n) is 5.03. The van der Waals surface area contributed by atoms with Crippen LogP contribution in [0, 0.1) is 0 Å². The smallest absolute Gasteiger partial charge is 0.337 e. The lowest BCUT2D eigenvalue weighted by atomic mass is 10.0. The number of hydrogen-bond donors (Lipinski definition) is 1. The van der Waals surface area contributed by atoms with Crippen LogP contribution in [0.2, 0.25) is 0 Å². The summed E-state index contributed by atoms with van der Waals surface area (Å²) in [7, 11) is 0. The fraction of sp³-hybridized carbons (Fsp3) is 0.400. The molecule has 120 valence electrons. The molecule has 0 bridgehead atoms. The minimum Gasteiger partial charge on any atom is -0.337 e. The second kappa shape index (κ2) is 7.78. The SMILES string of the molecule is FC(F)(F)CC(NCCCn1ccnc1)c1ccc(Br)cc1. The van der Waals surface area contributed by atoms with Crippen molar-refractivity contribution in [1.29, 1.82) is 0 Å². The van der Waals surface area contributed by atoms with Gasteiger partial charge < -0.3 is 9.88 Å². The summed E-state index contributed by atoms with van der Waals surface area (Å²) < 4.78 is 41.0. The van der Waals surface area contributed by atoms with E-state index in [0.717, 1.165) is 17.4 Å². The Bertz CT molecular complexity index is 552. The summed E-state index contributed by atoms with van der Waals surface area (Å²) in [5.74, 6) is 0. The average Bonchev–Trinajstić information content (AvgIpc) is 2.95. The third kappa shape index (κ3) is 5.81. The molecule has 1 heterocycles. The van der Waals surface area contributed by atoms with Crippen molar-refractivity contribution < 1.29 is 13.2 Å². The Labute approximate surface area is 135 Å². The molecule has 1 N–H and O–H groups in total. The maximum absolute atomic E-state index is 12.7. The zero-order chi connectivity index (χ0) is 16.0. The third-order valence-corrected chi connectivity index (χ3v) is 3.78. The highest BCUT2D eigenvalue weighted by Gasteiger charge is 2.32. The normalized spacial score (nSPS) is 13.3. The topological polar surface area (TPSA) is 29.9 Å². The Morgan fingerprint density at radius 1 is 1.23 bits per heavy atom. The molecule has 22 heavy (non-hydrogen) atoms. The highest BCUT2D eigenvalue weighted by molar-refractivity contribution is 9.10. The highest BCUT2D eigenvalue weighted by Crippen LogP contribution is 2.30. The minimum absolute atomic E-state index is 0.509. The van der Waals surface area contributed by atoms with E-state index < -0.39 is 18.6 Å². The van der Waals surface area contributed by atoms with Gasteiger partial charge in [-0.15, -0.1) is 0 Å². The van der Waals surface area contributed by atoms with Gasteiger partial charge >= 0.3 is 6.18 Å². The van der Waals surface area contributed by atoms with E-state index in [2.05, 4.69) is 26.2 Å². The van der Waals surface area contributed by atoms with Crippen LogP contribution in [0.5, 0.6) is 0 Å². The van der Waals surface area contributed by atoms with Crippen LogP contribution < -0.4 is 5.32 Å². The minimum atomic E-state index is -4.20. The van der Waals surface area contributed by atoms with E-state index >= 15 is 0 Å². The molecule has 1 atom stereocenters. The third-order valence-electron chi connectivity index (χ3n) is 3.25. The lowest BCUT2D eigenvalue weighted by Crippen LogP contribution is -2.28. The summed E-state index contributed by atoms with van der Waals surface area (Å²) in [6.07, 6.45) is 0.877. The number of imidazole rings is 1. The van der Waals surface area contributed by atoms with Crippen molar-refractivity contribution in [2.45, 2.75) is 31.6 Å². The summed E-state index contributed by atoms with van der Waals surface area (Å²) in [5, 5.41) is 3.01. The van der Waals surface area contributed by atoms with Gasteiger partial charge in [-0.3, -0.25) is 0 Å². The zero-order valence-corrected chi connectivity index (χ0v) is 13.4. The van der Waals surface area contributed by atoms with Gasteiger partial charge in [-0.1, -0.05) is 28.1 Å². The van der Waals surface area contributed by atoms with Crippen LogP contribution >= 0.6 is 15.9 Å². The van der Waals surface area contributed by atoms with Crippen LogP contribution in [0.3, 0.4) is 0 Å². The van der Waals surface area contributed by atoms with E-state index in [1.54, 1.807) is 36.8 Å². The van der Waals surface area contributed by atoms with Gasteiger partial charge in [0.2, 0.25) is 0 Å². The fourth-order valence-corrected chi connectivity index (χ4v) is 2.46. The molecule has 0 radical (unpaired) electrons. The van der Waals surface area contributed by atoms with Gasteiger partial charge in [-0.05, 0) is 30.7 Å². The lowest BCUT2D eigenvalue weighted by Gasteiger charge is -2.21. The van der Waals surface area contributed by atoms with E-state index in [1.165, 1.54) is 0 Å². The number of nitrogens with zero attached hydrogens (tertiary/aromatic N) is 2. The van der Waals surface area contributed by atoms with Crippen molar-refractivity contribution in [3.8, 4) is 0 Å². The van der Waals surface area contributed by atoms with Crippen molar-refractivity contribution >= 4 is 15.9 Å². The Balaban J connectivity index is 1.91. The van der Waals surface area contributed by atoms with Gasteiger partial charge in [0.25, 0.3) is 0 Å². The van der Waals surface area contributed by atoms with E-state index in [9.17, 15) is 13.2 Å². The van der Waals surface area contributed by atoms with E-state index in [1.807, 2.05) is 10.8 Å². The molecular formula is C15H17BrF3N3. The predicted molar refractivity (Wildman–Crippen MR) is 82.4 cm³/mol. The standard InChI is InChI=1S/C15H17BrF3N3/c16-13-4-2-12(3-5-13)14(10-15(17,18)19)21-6-1-8-22-9-7-20-11-22/h2-5,7,9,11,14,21H,1,6,8,10H2. The molecule has 0 saturated carbocycles. The number of halogens is 4. The lowest BCUT2D eigenvalue weighted by molar-refractivity contribution is -0.140. The van der Waals surface area contributed by atoms with Crippen LogP contribution in [0.25, 0.3) is 0 Å². The van der Waals surface area contributed by atoms with Crippen LogP contribution in [0.4, 0.5) is 13.2 Å². The number of hydrogen-bond acceptors (Lipinski definition) is 2. The van der Waals surface area contributed by atoms with Gasteiger partial charge in [-0.2, -0.15) is 13.2 Å². The monoisotopic (exact) mass is 375 g/mol. The maximum Gasteiger partial charge on any atom is 0.390 e. The molecule has 0 fully saturated rings. The largest absolute Gasteiger partial charge is 0.390 e. The molecule has 0 aliphatic rings. The first kappa shape index (κ1) is 17.0. The number of rotatable bonds is 7. The molecule has 0 aliphatic heterocycles. The van der Waals surface area contributed by atoms with Crippen molar-refractivity contribution in [3.05, 3.63) is 53.0 Å². The van der Waals surface area contributed by atoms with Crippen LogP contribution in [-0.2, 0) is 6.54 Å². The van der Waals surface area contributed by atoms with Gasteiger partial charge in [0.15, 0.2) is 0 Å². The number of aryl methyl sites for hydroxylation is 1. The Hall–Kier alpha value is -1.34. The predicted octanol–water partition coefficient (Wildman–Crippen LogP) is 4.32. The number of nitrogens with one attached hydrogen (secondary N) is 1. The molecule has 2 rings (SSSR count). The molecule has 0 saturated heterocycles. The van der Waals surface area contributed by atoms with Gasteiger partial charge in [0.05, 0.1) is 12.7 Å². The first-order valence-electron chi connectivity index (χ1n) is 6.95. The molecule has 0 aliphatic carbocycles. The Morgan fingerprint density at radius 2 is 1.95 bits per heavy atom. The summed E-state index contributed by atoms with van der Waals surface area (Å²) >= 11 is 3.29. The van der Waals surface area contributed by atoms with Crippen LogP contribution in [-0.4, -0.2) is 22.3 Å². The molecule has 0 spiro atoms. The molecule has 0 amide bonds. The second-order valence-corrected chi connectivity index (χ2v) is 5.95. The van der Waals surface area contributed by atoms with Gasteiger partial charge in [0.1, 0.15) is 0 Å². The summed E-state index contributed by atoms with van der Waals surface area (Å²) in [5.41, 5.74) is 0.642.